The molecule has 1 atom stereocenters. The van der Waals surface area contributed by atoms with Crippen LogP contribution in [0.15, 0.2) is 54.6 Å². The molecule has 1 aliphatic heterocycles. The van der Waals surface area contributed by atoms with Crippen LogP contribution in [0.3, 0.4) is 0 Å². The van der Waals surface area contributed by atoms with Crippen LogP contribution in [0.1, 0.15) is 22.8 Å². The monoisotopic (exact) mass is 326 g/mol. The average molecular weight is 326 g/mol. The molecule has 2 aromatic carbocycles. The molecule has 0 aromatic heterocycles. The maximum atomic E-state index is 12.7. The number of hydrogen-bond acceptors (Lipinski definition) is 3. The number of carbonyl (C=O) groups excluding carboxylic acids is 1. The fourth-order valence-electron chi connectivity index (χ4n) is 2.74. The van der Waals surface area contributed by atoms with E-state index in [-0.39, 0.29) is 12.5 Å². The molecule has 0 bridgehead atoms. The SMILES string of the molecule is Cc1ccc(N2C(=S)N(C(=O)c3ccccc3)CC2(C)O)cc1. The topological polar surface area (TPSA) is 43.8 Å². The normalized spacial score (nSPS) is 20.9. The Balaban J connectivity index is 1.93. The van der Waals surface area contributed by atoms with Crippen LogP contribution in [0.5, 0.6) is 0 Å². The van der Waals surface area contributed by atoms with Crippen molar-refractivity contribution in [3.63, 3.8) is 0 Å². The summed E-state index contributed by atoms with van der Waals surface area (Å²) >= 11 is 5.47. The summed E-state index contributed by atoms with van der Waals surface area (Å²) < 4.78 is 0. The molecule has 1 saturated heterocycles. The number of amides is 1. The fourth-order valence-corrected chi connectivity index (χ4v) is 3.19. The van der Waals surface area contributed by atoms with Gasteiger partial charge in [0.15, 0.2) is 10.8 Å². The van der Waals surface area contributed by atoms with Gasteiger partial charge in [-0.1, -0.05) is 35.9 Å². The van der Waals surface area contributed by atoms with Crippen molar-refractivity contribution < 1.29 is 9.90 Å². The van der Waals surface area contributed by atoms with Crippen LogP contribution in [0.2, 0.25) is 0 Å². The van der Waals surface area contributed by atoms with E-state index in [9.17, 15) is 9.90 Å². The van der Waals surface area contributed by atoms with Gasteiger partial charge >= 0.3 is 0 Å². The summed E-state index contributed by atoms with van der Waals surface area (Å²) in [7, 11) is 0. The smallest absolute Gasteiger partial charge is 0.260 e. The zero-order chi connectivity index (χ0) is 16.6. The Kier molecular flexibility index (Phi) is 3.92. The van der Waals surface area contributed by atoms with Crippen molar-refractivity contribution in [2.45, 2.75) is 19.6 Å². The number of hydrogen-bond donors (Lipinski definition) is 1. The number of carbonyl (C=O) groups is 1. The third kappa shape index (κ3) is 2.85. The van der Waals surface area contributed by atoms with Crippen LogP contribution in [0.25, 0.3) is 0 Å². The van der Waals surface area contributed by atoms with Gasteiger partial charge in [0.25, 0.3) is 5.91 Å². The molecule has 118 valence electrons. The molecule has 0 aliphatic carbocycles. The summed E-state index contributed by atoms with van der Waals surface area (Å²) in [4.78, 5) is 15.8. The number of aryl methyl sites for hydroxylation is 1. The molecule has 3 rings (SSSR count). The van der Waals surface area contributed by atoms with Gasteiger partial charge in [-0.15, -0.1) is 0 Å². The predicted octanol–water partition coefficient (Wildman–Crippen LogP) is 2.95. The van der Waals surface area contributed by atoms with Crippen molar-refractivity contribution in [1.82, 2.24) is 4.90 Å². The fraction of sp³-hybridized carbons (Fsp3) is 0.222. The van der Waals surface area contributed by atoms with E-state index < -0.39 is 5.72 Å². The number of anilines is 1. The van der Waals surface area contributed by atoms with E-state index in [2.05, 4.69) is 0 Å². The number of nitrogens with zero attached hydrogens (tertiary/aromatic N) is 2. The highest BCUT2D eigenvalue weighted by Gasteiger charge is 2.46. The van der Waals surface area contributed by atoms with Crippen LogP contribution < -0.4 is 4.90 Å². The highest BCUT2D eigenvalue weighted by Crippen LogP contribution is 2.31. The molecule has 1 unspecified atom stereocenters. The summed E-state index contributed by atoms with van der Waals surface area (Å²) in [6.45, 7) is 3.79. The lowest BCUT2D eigenvalue weighted by Gasteiger charge is -2.29. The van der Waals surface area contributed by atoms with Gasteiger partial charge in [0.05, 0.1) is 6.54 Å². The second-order valence-electron chi connectivity index (χ2n) is 5.93. The van der Waals surface area contributed by atoms with Gasteiger partial charge in [-0.25, -0.2) is 0 Å². The quantitative estimate of drug-likeness (QED) is 0.862. The van der Waals surface area contributed by atoms with Crippen molar-refractivity contribution in [2.24, 2.45) is 0 Å². The van der Waals surface area contributed by atoms with Gasteiger partial charge in [0.1, 0.15) is 0 Å². The largest absolute Gasteiger partial charge is 0.369 e. The second kappa shape index (κ2) is 5.76. The Hall–Kier alpha value is -2.24. The standard InChI is InChI=1S/C18H18N2O2S/c1-13-8-10-15(11-9-13)20-17(23)19(12-18(20,2)22)16(21)14-6-4-3-5-7-14/h3-11,22H,12H2,1-2H3. The van der Waals surface area contributed by atoms with E-state index in [4.69, 9.17) is 12.2 Å². The van der Waals surface area contributed by atoms with Crippen molar-refractivity contribution >= 4 is 28.9 Å². The zero-order valence-electron chi connectivity index (χ0n) is 13.1. The Morgan fingerprint density at radius 2 is 1.74 bits per heavy atom. The lowest BCUT2D eigenvalue weighted by molar-refractivity contribution is 0.0588. The Labute approximate surface area is 141 Å². The molecule has 1 fully saturated rings. The van der Waals surface area contributed by atoms with Crippen LogP contribution >= 0.6 is 12.2 Å². The molecular weight excluding hydrogens is 308 g/mol. The molecule has 1 amide bonds. The van der Waals surface area contributed by atoms with E-state index in [1.54, 1.807) is 24.0 Å². The third-order valence-electron chi connectivity index (χ3n) is 3.92. The highest BCUT2D eigenvalue weighted by molar-refractivity contribution is 7.80. The van der Waals surface area contributed by atoms with Gasteiger partial charge in [0.2, 0.25) is 0 Å². The molecule has 0 saturated carbocycles. The van der Waals surface area contributed by atoms with Crippen molar-refractivity contribution in [3.8, 4) is 0 Å². The van der Waals surface area contributed by atoms with Crippen molar-refractivity contribution in [3.05, 3.63) is 65.7 Å². The van der Waals surface area contributed by atoms with Gasteiger partial charge in [-0.2, -0.15) is 0 Å². The molecule has 1 heterocycles. The van der Waals surface area contributed by atoms with Gasteiger partial charge in [-0.05, 0) is 50.3 Å². The molecule has 23 heavy (non-hydrogen) atoms. The number of β-amino-alcohol motifs (C(OH)–C–C–N with tert-alkyl or cyclic N) is 1. The summed E-state index contributed by atoms with van der Waals surface area (Å²) in [5.74, 6) is -0.203. The van der Waals surface area contributed by atoms with Crippen LogP contribution in [0.4, 0.5) is 5.69 Å². The molecule has 4 nitrogen and oxygen atoms in total. The van der Waals surface area contributed by atoms with E-state index in [1.165, 1.54) is 4.90 Å². The van der Waals surface area contributed by atoms with E-state index >= 15 is 0 Å². The molecule has 1 aliphatic rings. The van der Waals surface area contributed by atoms with E-state index in [1.807, 2.05) is 49.4 Å². The third-order valence-corrected chi connectivity index (χ3v) is 4.32. The number of thiocarbonyl (C=S) groups is 1. The minimum Gasteiger partial charge on any atom is -0.369 e. The first-order chi connectivity index (χ1) is 10.9. The van der Waals surface area contributed by atoms with E-state index in [0.29, 0.717) is 10.7 Å². The van der Waals surface area contributed by atoms with Gasteiger partial charge < -0.3 is 5.11 Å². The Morgan fingerprint density at radius 3 is 2.35 bits per heavy atom. The van der Waals surface area contributed by atoms with Crippen molar-refractivity contribution in [1.29, 1.82) is 0 Å². The highest BCUT2D eigenvalue weighted by atomic mass is 32.1. The minimum atomic E-state index is -1.24. The van der Waals surface area contributed by atoms with Crippen molar-refractivity contribution in [2.75, 3.05) is 11.4 Å². The molecule has 2 aromatic rings. The Bertz CT molecular complexity index is 741. The van der Waals surface area contributed by atoms with Gasteiger partial charge in [-0.3, -0.25) is 14.6 Å². The zero-order valence-corrected chi connectivity index (χ0v) is 13.9. The molecule has 0 spiro atoms. The molecule has 0 radical (unpaired) electrons. The summed E-state index contributed by atoms with van der Waals surface area (Å²) in [6.07, 6.45) is 0. The Morgan fingerprint density at radius 1 is 1.13 bits per heavy atom. The first-order valence-electron chi connectivity index (χ1n) is 7.40. The summed E-state index contributed by atoms with van der Waals surface area (Å²) in [5.41, 5.74) is 1.21. The lowest BCUT2D eigenvalue weighted by Crippen LogP contribution is -2.44. The predicted molar refractivity (Wildman–Crippen MR) is 94.4 cm³/mol. The lowest BCUT2D eigenvalue weighted by atomic mass is 10.1. The second-order valence-corrected chi connectivity index (χ2v) is 6.29. The number of rotatable bonds is 2. The minimum absolute atomic E-state index is 0.132. The summed E-state index contributed by atoms with van der Waals surface area (Å²) in [5, 5.41) is 11.1. The first kappa shape index (κ1) is 15.6. The van der Waals surface area contributed by atoms with Crippen LogP contribution in [0, 0.1) is 6.92 Å². The van der Waals surface area contributed by atoms with Crippen LogP contribution in [-0.2, 0) is 0 Å². The van der Waals surface area contributed by atoms with E-state index in [0.717, 1.165) is 11.3 Å². The summed E-state index contributed by atoms with van der Waals surface area (Å²) in [6, 6.07) is 16.7. The van der Waals surface area contributed by atoms with Gasteiger partial charge in [0, 0.05) is 11.3 Å². The molecule has 1 N–H and O–H groups in total. The number of aliphatic hydroxyl groups is 1. The maximum absolute atomic E-state index is 12.7. The average Bonchev–Trinajstić information content (AvgIpc) is 2.78. The van der Waals surface area contributed by atoms with Crippen LogP contribution in [-0.4, -0.2) is 33.3 Å². The first-order valence-corrected chi connectivity index (χ1v) is 7.81. The number of benzene rings is 2. The molecular formula is C18H18N2O2S. The molecule has 5 heteroatoms. The maximum Gasteiger partial charge on any atom is 0.260 e.